The van der Waals surface area contributed by atoms with Crippen LogP contribution in [0.15, 0.2) is 41.5 Å². The van der Waals surface area contributed by atoms with Crippen LogP contribution in [0.4, 0.5) is 5.69 Å². The molecule has 1 atom stereocenters. The maximum absolute atomic E-state index is 12.7. The Labute approximate surface area is 181 Å². The number of rotatable bonds is 8. The summed E-state index contributed by atoms with van der Waals surface area (Å²) in [6.45, 7) is 5.94. The first-order valence-electron chi connectivity index (χ1n) is 10.2. The number of hydrazone groups is 1. The topological polar surface area (TPSA) is 90.2 Å². The molecule has 31 heavy (non-hydrogen) atoms. The Bertz CT molecular complexity index is 1010. The fourth-order valence-corrected chi connectivity index (χ4v) is 3.82. The lowest BCUT2D eigenvalue weighted by molar-refractivity contribution is -0.134. The number of nitrogens with zero attached hydrogens (tertiary/aromatic N) is 3. The fraction of sp³-hybridized carbons (Fsp3) is 0.391. The van der Waals surface area contributed by atoms with Crippen molar-refractivity contribution >= 4 is 29.1 Å². The Morgan fingerprint density at radius 2 is 1.87 bits per heavy atom. The van der Waals surface area contributed by atoms with Crippen LogP contribution in [0, 0.1) is 13.8 Å². The molecule has 0 bridgehead atoms. The van der Waals surface area contributed by atoms with Gasteiger partial charge < -0.3 is 14.0 Å². The zero-order valence-electron chi connectivity index (χ0n) is 18.3. The molecular weight excluding hydrogens is 398 g/mol. The number of ketones is 1. The number of benzene rings is 1. The summed E-state index contributed by atoms with van der Waals surface area (Å²) in [5, 5.41) is 5.36. The van der Waals surface area contributed by atoms with Gasteiger partial charge in [0, 0.05) is 36.9 Å². The van der Waals surface area contributed by atoms with E-state index in [-0.39, 0.29) is 42.9 Å². The maximum Gasteiger partial charge on any atom is 0.354 e. The first-order chi connectivity index (χ1) is 14.8. The van der Waals surface area contributed by atoms with E-state index >= 15 is 0 Å². The Hall–Kier alpha value is -3.26. The molecule has 2 heterocycles. The maximum atomic E-state index is 12.7. The molecule has 0 fully saturated rings. The Morgan fingerprint density at radius 3 is 2.55 bits per heavy atom. The second-order valence-corrected chi connectivity index (χ2v) is 7.55. The minimum atomic E-state index is -0.691. The summed E-state index contributed by atoms with van der Waals surface area (Å²) in [7, 11) is 1.64. The molecule has 0 N–H and O–H groups in total. The van der Waals surface area contributed by atoms with E-state index in [2.05, 4.69) is 5.10 Å². The van der Waals surface area contributed by atoms with Gasteiger partial charge in [-0.25, -0.2) is 9.80 Å². The monoisotopic (exact) mass is 425 g/mol. The number of anilines is 1. The average Bonchev–Trinajstić information content (AvgIpc) is 3.07. The van der Waals surface area contributed by atoms with Crippen molar-refractivity contribution in [3.63, 3.8) is 0 Å². The summed E-state index contributed by atoms with van der Waals surface area (Å²) in [5.41, 5.74) is 2.95. The van der Waals surface area contributed by atoms with Crippen molar-refractivity contribution in [2.75, 3.05) is 25.3 Å². The molecule has 0 radical (unpaired) electrons. The number of esters is 1. The van der Waals surface area contributed by atoms with E-state index < -0.39 is 5.97 Å². The highest BCUT2D eigenvalue weighted by Gasteiger charge is 2.27. The van der Waals surface area contributed by atoms with Gasteiger partial charge in [0.2, 0.25) is 11.7 Å². The standard InChI is InChI=1S/C23H27N3O5/c1-15-12-19(17(3)25(15)16(2)13-30-4)21(27)14-31-23(29)20-10-11-22(28)26(24-20)18-8-6-5-7-9-18/h5-9,12,16H,10-11,13-14H2,1-4H3/t16-/m1/s1. The smallest absolute Gasteiger partial charge is 0.354 e. The normalized spacial score (nSPS) is 14.9. The molecule has 0 unspecified atom stereocenters. The predicted octanol–water partition coefficient (Wildman–Crippen LogP) is 3.22. The highest BCUT2D eigenvalue weighted by Crippen LogP contribution is 2.22. The van der Waals surface area contributed by atoms with Crippen LogP contribution in [0.25, 0.3) is 0 Å². The third-order valence-corrected chi connectivity index (χ3v) is 5.24. The van der Waals surface area contributed by atoms with Crippen LogP contribution >= 0.6 is 0 Å². The van der Waals surface area contributed by atoms with Gasteiger partial charge in [-0.1, -0.05) is 18.2 Å². The zero-order valence-corrected chi connectivity index (χ0v) is 18.3. The van der Waals surface area contributed by atoms with Gasteiger partial charge in [0.05, 0.1) is 18.3 Å². The van der Waals surface area contributed by atoms with Crippen molar-refractivity contribution in [1.29, 1.82) is 0 Å². The number of aromatic nitrogens is 1. The van der Waals surface area contributed by atoms with Crippen LogP contribution in [-0.2, 0) is 19.1 Å². The molecule has 8 heteroatoms. The van der Waals surface area contributed by atoms with Crippen molar-refractivity contribution in [2.45, 2.75) is 39.7 Å². The average molecular weight is 425 g/mol. The van der Waals surface area contributed by atoms with Gasteiger partial charge in [-0.2, -0.15) is 5.10 Å². The molecule has 0 saturated carbocycles. The first kappa shape index (κ1) is 22.4. The molecule has 2 aromatic rings. The summed E-state index contributed by atoms with van der Waals surface area (Å²) < 4.78 is 12.5. The Morgan fingerprint density at radius 1 is 1.16 bits per heavy atom. The second kappa shape index (κ2) is 9.70. The number of carbonyl (C=O) groups is 3. The molecule has 1 aromatic carbocycles. The quantitative estimate of drug-likeness (QED) is 0.478. The van der Waals surface area contributed by atoms with Crippen LogP contribution in [0.5, 0.6) is 0 Å². The highest BCUT2D eigenvalue weighted by atomic mass is 16.5. The van der Waals surface area contributed by atoms with Crippen molar-refractivity contribution in [3.8, 4) is 0 Å². The summed E-state index contributed by atoms with van der Waals surface area (Å²) >= 11 is 0. The fourth-order valence-electron chi connectivity index (χ4n) is 3.82. The first-order valence-corrected chi connectivity index (χ1v) is 10.2. The lowest BCUT2D eigenvalue weighted by Crippen LogP contribution is -2.35. The van der Waals surface area contributed by atoms with E-state index in [0.29, 0.717) is 17.9 Å². The molecule has 8 nitrogen and oxygen atoms in total. The number of amides is 1. The summed E-state index contributed by atoms with van der Waals surface area (Å²) in [4.78, 5) is 37.4. The number of ether oxygens (including phenoxy) is 2. The number of Topliss-reactive ketones (excluding diaryl/α,β-unsaturated/α-hetero) is 1. The predicted molar refractivity (Wildman–Crippen MR) is 116 cm³/mol. The summed E-state index contributed by atoms with van der Waals surface area (Å²) in [5.74, 6) is -1.18. The summed E-state index contributed by atoms with van der Waals surface area (Å²) in [6, 6.07) is 10.7. The van der Waals surface area contributed by atoms with E-state index in [0.717, 1.165) is 11.4 Å². The van der Waals surface area contributed by atoms with Crippen LogP contribution in [0.3, 0.4) is 0 Å². The van der Waals surface area contributed by atoms with E-state index in [4.69, 9.17) is 9.47 Å². The number of methoxy groups -OCH3 is 1. The molecule has 164 valence electrons. The number of para-hydroxylation sites is 1. The lowest BCUT2D eigenvalue weighted by Gasteiger charge is -2.22. The van der Waals surface area contributed by atoms with E-state index in [1.165, 1.54) is 5.01 Å². The number of carbonyl (C=O) groups excluding carboxylic acids is 3. The van der Waals surface area contributed by atoms with E-state index in [1.807, 2.05) is 31.4 Å². The highest BCUT2D eigenvalue weighted by molar-refractivity contribution is 6.38. The van der Waals surface area contributed by atoms with Crippen LogP contribution in [0.2, 0.25) is 0 Å². The van der Waals surface area contributed by atoms with Crippen LogP contribution in [0.1, 0.15) is 47.6 Å². The van der Waals surface area contributed by atoms with Gasteiger partial charge in [0.25, 0.3) is 0 Å². The van der Waals surface area contributed by atoms with Crippen molar-refractivity contribution in [1.82, 2.24) is 4.57 Å². The molecule has 3 rings (SSSR count). The van der Waals surface area contributed by atoms with Gasteiger partial charge in [-0.15, -0.1) is 0 Å². The van der Waals surface area contributed by atoms with E-state index in [9.17, 15) is 14.4 Å². The van der Waals surface area contributed by atoms with Crippen molar-refractivity contribution in [3.05, 3.63) is 53.3 Å². The van der Waals surface area contributed by atoms with Gasteiger partial charge in [0.15, 0.2) is 6.61 Å². The molecular formula is C23H27N3O5. The lowest BCUT2D eigenvalue weighted by atomic mass is 10.1. The summed E-state index contributed by atoms with van der Waals surface area (Å²) in [6.07, 6.45) is 0.327. The van der Waals surface area contributed by atoms with E-state index in [1.54, 1.807) is 37.4 Å². The largest absolute Gasteiger partial charge is 0.453 e. The van der Waals surface area contributed by atoms with Gasteiger partial charge in [-0.3, -0.25) is 9.59 Å². The van der Waals surface area contributed by atoms with Crippen LogP contribution < -0.4 is 5.01 Å². The minimum absolute atomic E-state index is 0.0761. The van der Waals surface area contributed by atoms with Crippen molar-refractivity contribution < 1.29 is 23.9 Å². The molecule has 1 amide bonds. The molecule has 1 aliphatic heterocycles. The van der Waals surface area contributed by atoms with Crippen LogP contribution in [-0.4, -0.2) is 48.3 Å². The number of aryl methyl sites for hydroxylation is 1. The molecule has 0 aliphatic carbocycles. The third-order valence-electron chi connectivity index (χ3n) is 5.24. The number of hydrogen-bond donors (Lipinski definition) is 0. The van der Waals surface area contributed by atoms with Crippen molar-refractivity contribution in [2.24, 2.45) is 5.10 Å². The Balaban J connectivity index is 1.69. The minimum Gasteiger partial charge on any atom is -0.453 e. The zero-order chi connectivity index (χ0) is 22.5. The number of hydrogen-bond acceptors (Lipinski definition) is 6. The molecule has 0 spiro atoms. The Kier molecular flexibility index (Phi) is 7.02. The molecule has 1 aliphatic rings. The molecule has 0 saturated heterocycles. The SMILES string of the molecule is COC[C@@H](C)n1c(C)cc(C(=O)COC(=O)C2=NN(c3ccccc3)C(=O)CC2)c1C. The third kappa shape index (κ3) is 4.91. The second-order valence-electron chi connectivity index (χ2n) is 7.55. The molecule has 1 aromatic heterocycles. The van der Waals surface area contributed by atoms with Gasteiger partial charge in [0.1, 0.15) is 5.71 Å². The van der Waals surface area contributed by atoms with Gasteiger partial charge in [-0.05, 0) is 39.0 Å². The van der Waals surface area contributed by atoms with Gasteiger partial charge >= 0.3 is 5.97 Å².